The Morgan fingerprint density at radius 3 is 2.83 bits per heavy atom. The Labute approximate surface area is 112 Å². The first-order valence-corrected chi connectivity index (χ1v) is 6.57. The van der Waals surface area contributed by atoms with Gasteiger partial charge in [-0.1, -0.05) is 12.2 Å². The molecule has 0 aliphatic carbocycles. The molecule has 1 unspecified atom stereocenters. The number of nitrogens with zero attached hydrogens (tertiary/aromatic N) is 2. The number of likely N-dealkylation sites (tertiary alicyclic amines) is 1. The average Bonchev–Trinajstić information content (AvgIpc) is 2.38. The first-order valence-electron chi connectivity index (χ1n) is 6.16. The summed E-state index contributed by atoms with van der Waals surface area (Å²) in [4.78, 5) is 18.6. The van der Waals surface area contributed by atoms with Crippen LogP contribution in [0.3, 0.4) is 0 Å². The van der Waals surface area contributed by atoms with Gasteiger partial charge in [0.1, 0.15) is 10.7 Å². The molecule has 1 amide bonds. The summed E-state index contributed by atoms with van der Waals surface area (Å²) >= 11 is 4.86. The van der Waals surface area contributed by atoms with Gasteiger partial charge in [0.05, 0.1) is 0 Å². The van der Waals surface area contributed by atoms with Gasteiger partial charge in [-0.25, -0.2) is 0 Å². The number of aromatic nitrogens is 1. The van der Waals surface area contributed by atoms with Gasteiger partial charge >= 0.3 is 0 Å². The topological polar surface area (TPSA) is 59.2 Å². The van der Waals surface area contributed by atoms with Gasteiger partial charge in [0.25, 0.3) is 5.91 Å². The fourth-order valence-corrected chi connectivity index (χ4v) is 2.33. The van der Waals surface area contributed by atoms with Crippen LogP contribution in [0.1, 0.15) is 42.2 Å². The van der Waals surface area contributed by atoms with E-state index in [2.05, 4.69) is 11.9 Å². The Morgan fingerprint density at radius 1 is 1.50 bits per heavy atom. The number of amides is 1. The van der Waals surface area contributed by atoms with Crippen molar-refractivity contribution in [3.05, 3.63) is 29.6 Å². The number of hydrogen-bond donors (Lipinski definition) is 1. The Morgan fingerprint density at radius 2 is 2.28 bits per heavy atom. The first-order chi connectivity index (χ1) is 8.59. The van der Waals surface area contributed by atoms with Crippen LogP contribution < -0.4 is 5.73 Å². The number of carbonyl (C=O) groups excluding carboxylic acids is 1. The monoisotopic (exact) mass is 263 g/mol. The smallest absolute Gasteiger partial charge is 0.272 e. The van der Waals surface area contributed by atoms with Gasteiger partial charge in [-0.05, 0) is 38.3 Å². The maximum absolute atomic E-state index is 12.3. The Balaban J connectivity index is 2.15. The van der Waals surface area contributed by atoms with E-state index in [0.29, 0.717) is 22.3 Å². The average molecular weight is 263 g/mol. The van der Waals surface area contributed by atoms with E-state index in [1.807, 2.05) is 4.90 Å². The van der Waals surface area contributed by atoms with Crippen LogP contribution in [0.15, 0.2) is 18.3 Å². The van der Waals surface area contributed by atoms with Gasteiger partial charge in [-0.2, -0.15) is 0 Å². The molecule has 18 heavy (non-hydrogen) atoms. The molecule has 0 aromatic carbocycles. The summed E-state index contributed by atoms with van der Waals surface area (Å²) in [5.41, 5.74) is 6.65. The van der Waals surface area contributed by atoms with Crippen molar-refractivity contribution in [3.8, 4) is 0 Å². The van der Waals surface area contributed by atoms with E-state index in [-0.39, 0.29) is 5.91 Å². The van der Waals surface area contributed by atoms with Crippen LogP contribution in [0.25, 0.3) is 0 Å². The molecule has 1 aliphatic heterocycles. The SMILES string of the molecule is CC1CCCCN1C(=O)c1ccc(C(N)=S)cn1. The molecule has 1 atom stereocenters. The van der Waals surface area contributed by atoms with E-state index in [4.69, 9.17) is 18.0 Å². The number of nitrogens with two attached hydrogens (primary N) is 1. The van der Waals surface area contributed by atoms with E-state index < -0.39 is 0 Å². The van der Waals surface area contributed by atoms with Crippen LogP contribution in [0.2, 0.25) is 0 Å². The van der Waals surface area contributed by atoms with Crippen LogP contribution in [0, 0.1) is 0 Å². The number of piperidine rings is 1. The zero-order valence-electron chi connectivity index (χ0n) is 10.4. The molecule has 2 N–H and O–H groups in total. The summed E-state index contributed by atoms with van der Waals surface area (Å²) in [7, 11) is 0. The van der Waals surface area contributed by atoms with Gasteiger partial charge in [0, 0.05) is 24.3 Å². The Hall–Kier alpha value is -1.49. The fourth-order valence-electron chi connectivity index (χ4n) is 2.21. The number of rotatable bonds is 2. The number of pyridine rings is 1. The lowest BCUT2D eigenvalue weighted by Crippen LogP contribution is -2.42. The normalized spacial score (nSPS) is 19.6. The summed E-state index contributed by atoms with van der Waals surface area (Å²) in [5.74, 6) is -0.00307. The lowest BCUT2D eigenvalue weighted by atomic mass is 10.0. The minimum Gasteiger partial charge on any atom is -0.389 e. The highest BCUT2D eigenvalue weighted by Gasteiger charge is 2.24. The van der Waals surface area contributed by atoms with E-state index in [1.54, 1.807) is 18.3 Å². The zero-order chi connectivity index (χ0) is 13.1. The van der Waals surface area contributed by atoms with Gasteiger partial charge in [0.2, 0.25) is 0 Å². The predicted octanol–water partition coefficient (Wildman–Crippen LogP) is 1.73. The van der Waals surface area contributed by atoms with Crippen molar-refractivity contribution in [2.45, 2.75) is 32.2 Å². The highest BCUT2D eigenvalue weighted by atomic mass is 32.1. The second kappa shape index (κ2) is 5.44. The third-order valence-electron chi connectivity index (χ3n) is 3.33. The van der Waals surface area contributed by atoms with Crippen molar-refractivity contribution < 1.29 is 4.79 Å². The molecule has 4 nitrogen and oxygen atoms in total. The van der Waals surface area contributed by atoms with Gasteiger partial charge < -0.3 is 10.6 Å². The number of hydrogen-bond acceptors (Lipinski definition) is 3. The van der Waals surface area contributed by atoms with Crippen LogP contribution in [0.4, 0.5) is 0 Å². The largest absolute Gasteiger partial charge is 0.389 e. The van der Waals surface area contributed by atoms with E-state index in [0.717, 1.165) is 19.4 Å². The number of carbonyl (C=O) groups is 1. The molecule has 0 spiro atoms. The molecule has 0 radical (unpaired) electrons. The molecular formula is C13H17N3OS. The van der Waals surface area contributed by atoms with Crippen LogP contribution in [-0.2, 0) is 0 Å². The molecule has 0 saturated carbocycles. The standard InChI is InChI=1S/C13H17N3OS/c1-9-4-2-3-7-16(9)13(17)11-6-5-10(8-15-11)12(14)18/h5-6,8-9H,2-4,7H2,1H3,(H2,14,18). The molecule has 1 saturated heterocycles. The molecule has 96 valence electrons. The van der Waals surface area contributed by atoms with Gasteiger partial charge in [-0.15, -0.1) is 0 Å². The van der Waals surface area contributed by atoms with Crippen LogP contribution in [-0.4, -0.2) is 33.4 Å². The van der Waals surface area contributed by atoms with Crippen molar-refractivity contribution >= 4 is 23.1 Å². The molecule has 2 heterocycles. The van der Waals surface area contributed by atoms with Gasteiger partial charge in [0.15, 0.2) is 0 Å². The summed E-state index contributed by atoms with van der Waals surface area (Å²) in [6.45, 7) is 2.90. The minimum absolute atomic E-state index is 0.00307. The van der Waals surface area contributed by atoms with Crippen molar-refractivity contribution in [3.63, 3.8) is 0 Å². The first kappa shape index (κ1) is 13.0. The molecular weight excluding hydrogens is 246 g/mol. The van der Waals surface area contributed by atoms with Crippen molar-refractivity contribution in [2.24, 2.45) is 5.73 Å². The van der Waals surface area contributed by atoms with E-state index in [9.17, 15) is 4.79 Å². The Bertz CT molecular complexity index is 458. The molecule has 0 bridgehead atoms. The molecule has 1 aliphatic rings. The highest BCUT2D eigenvalue weighted by molar-refractivity contribution is 7.80. The zero-order valence-corrected chi connectivity index (χ0v) is 11.2. The van der Waals surface area contributed by atoms with Crippen LogP contribution in [0.5, 0.6) is 0 Å². The fraction of sp³-hybridized carbons (Fsp3) is 0.462. The lowest BCUT2D eigenvalue weighted by Gasteiger charge is -2.33. The summed E-state index contributed by atoms with van der Waals surface area (Å²) in [5, 5.41) is 0. The third kappa shape index (κ3) is 2.67. The molecule has 1 fully saturated rings. The van der Waals surface area contributed by atoms with Crippen LogP contribution >= 0.6 is 12.2 Å². The third-order valence-corrected chi connectivity index (χ3v) is 3.57. The highest BCUT2D eigenvalue weighted by Crippen LogP contribution is 2.18. The maximum atomic E-state index is 12.3. The van der Waals surface area contributed by atoms with Crippen molar-refractivity contribution in [1.82, 2.24) is 9.88 Å². The molecule has 2 rings (SSSR count). The molecule has 5 heteroatoms. The predicted molar refractivity (Wildman–Crippen MR) is 74.5 cm³/mol. The lowest BCUT2D eigenvalue weighted by molar-refractivity contribution is 0.0629. The summed E-state index contributed by atoms with van der Waals surface area (Å²) in [6, 6.07) is 3.73. The number of thiocarbonyl (C=S) groups is 1. The van der Waals surface area contributed by atoms with Crippen molar-refractivity contribution in [1.29, 1.82) is 0 Å². The van der Waals surface area contributed by atoms with E-state index >= 15 is 0 Å². The van der Waals surface area contributed by atoms with Gasteiger partial charge in [-0.3, -0.25) is 9.78 Å². The second-order valence-electron chi connectivity index (χ2n) is 4.64. The minimum atomic E-state index is -0.00307. The maximum Gasteiger partial charge on any atom is 0.272 e. The quantitative estimate of drug-likeness (QED) is 0.826. The summed E-state index contributed by atoms with van der Waals surface area (Å²) < 4.78 is 0. The molecule has 1 aromatic rings. The second-order valence-corrected chi connectivity index (χ2v) is 5.08. The molecule has 1 aromatic heterocycles. The van der Waals surface area contributed by atoms with E-state index in [1.165, 1.54) is 6.42 Å². The Kier molecular flexibility index (Phi) is 3.91. The summed E-state index contributed by atoms with van der Waals surface area (Å²) in [6.07, 6.45) is 4.89. The van der Waals surface area contributed by atoms with Crippen molar-refractivity contribution in [2.75, 3.05) is 6.54 Å².